The quantitative estimate of drug-likeness (QED) is 0.279. The topological polar surface area (TPSA) is 172 Å². The van der Waals surface area contributed by atoms with Gasteiger partial charge in [0.05, 0.1) is 0 Å². The molecule has 37 heavy (non-hydrogen) atoms. The van der Waals surface area contributed by atoms with E-state index in [1.807, 2.05) is 39.0 Å². The van der Waals surface area contributed by atoms with Crippen molar-refractivity contribution in [2.45, 2.75) is 52.1 Å². The third kappa shape index (κ3) is 7.94. The Morgan fingerprint density at radius 2 is 1.78 bits per heavy atom. The molecule has 0 bridgehead atoms. The first kappa shape index (κ1) is 28.0. The van der Waals surface area contributed by atoms with Gasteiger partial charge in [-0.15, -0.1) is 0 Å². The van der Waals surface area contributed by atoms with Gasteiger partial charge in [0.15, 0.2) is 28.4 Å². The van der Waals surface area contributed by atoms with Gasteiger partial charge in [-0.2, -0.15) is 0 Å². The Morgan fingerprint density at radius 3 is 2.41 bits per heavy atom. The predicted octanol–water partition coefficient (Wildman–Crippen LogP) is 3.20. The van der Waals surface area contributed by atoms with E-state index in [4.69, 9.17) is 33.2 Å². The van der Waals surface area contributed by atoms with Gasteiger partial charge in [0.1, 0.15) is 5.60 Å². The molecule has 12 heteroatoms. The van der Waals surface area contributed by atoms with E-state index in [1.165, 1.54) is 5.56 Å². The van der Waals surface area contributed by atoms with Crippen LogP contribution in [0.4, 0.5) is 16.4 Å². The lowest BCUT2D eigenvalue weighted by atomic mass is 9.74. The molecular formula is C25H35ClN8O3. The molecule has 7 N–H and O–H groups in total. The van der Waals surface area contributed by atoms with E-state index in [2.05, 4.69) is 32.7 Å². The van der Waals surface area contributed by atoms with Crippen LogP contribution in [0.25, 0.3) is 0 Å². The lowest BCUT2D eigenvalue weighted by Crippen LogP contribution is -2.51. The molecule has 1 aliphatic rings. The number of benzene rings is 1. The highest BCUT2D eigenvalue weighted by Crippen LogP contribution is 2.36. The van der Waals surface area contributed by atoms with E-state index in [0.29, 0.717) is 19.6 Å². The molecule has 3 rings (SSSR count). The summed E-state index contributed by atoms with van der Waals surface area (Å²) >= 11 is 5.86. The van der Waals surface area contributed by atoms with Crippen LogP contribution in [0.3, 0.4) is 0 Å². The maximum absolute atomic E-state index is 12.6. The molecule has 0 saturated carbocycles. The number of nitrogen functional groups attached to an aromatic ring is 2. The Morgan fingerprint density at radius 1 is 1.14 bits per heavy atom. The van der Waals surface area contributed by atoms with Crippen molar-refractivity contribution in [3.05, 3.63) is 46.7 Å². The number of nitrogens with zero attached hydrogens (tertiary/aromatic N) is 3. The second-order valence-electron chi connectivity index (χ2n) is 10.3. The summed E-state index contributed by atoms with van der Waals surface area (Å²) in [5, 5.41) is 13.6. The molecule has 0 radical (unpaired) electrons. The molecule has 2 heterocycles. The van der Waals surface area contributed by atoms with Crippen molar-refractivity contribution in [3.8, 4) is 0 Å². The molecule has 1 aromatic heterocycles. The second kappa shape index (κ2) is 11.6. The minimum absolute atomic E-state index is 0.0815. The highest BCUT2D eigenvalue weighted by molar-refractivity contribution is 6.31. The lowest BCUT2D eigenvalue weighted by molar-refractivity contribution is 0.00935. The third-order valence-electron chi connectivity index (χ3n) is 6.26. The number of aromatic nitrogens is 2. The molecule has 0 aliphatic carbocycles. The molecule has 1 aliphatic heterocycles. The van der Waals surface area contributed by atoms with Gasteiger partial charge in [0.25, 0.3) is 5.91 Å². The molecule has 0 spiro atoms. The van der Waals surface area contributed by atoms with Gasteiger partial charge in [-0.05, 0) is 57.4 Å². The van der Waals surface area contributed by atoms with Gasteiger partial charge in [-0.3, -0.25) is 15.5 Å². The maximum Gasteiger partial charge on any atom is 0.410 e. The second-order valence-corrected chi connectivity index (χ2v) is 10.6. The van der Waals surface area contributed by atoms with Crippen molar-refractivity contribution < 1.29 is 14.3 Å². The van der Waals surface area contributed by atoms with Crippen LogP contribution in [0.5, 0.6) is 0 Å². The van der Waals surface area contributed by atoms with E-state index in [0.717, 1.165) is 25.7 Å². The fraction of sp³-hybridized carbons (Fsp3) is 0.480. The summed E-state index contributed by atoms with van der Waals surface area (Å²) in [6.45, 7) is 7.06. The third-order valence-corrected chi connectivity index (χ3v) is 6.54. The minimum atomic E-state index is -0.720. The summed E-state index contributed by atoms with van der Waals surface area (Å²) < 4.78 is 5.54. The summed E-state index contributed by atoms with van der Waals surface area (Å²) in [6, 6.07) is 10.2. The zero-order chi connectivity index (χ0) is 27.2. The SMILES string of the molecule is CC(C)(C)OC(=O)N1CCC(CCc2ccccc2)(CNC(=N)NC(=O)c2nc(Cl)c(N)nc2N)CC1. The number of amides is 2. The molecule has 1 saturated heterocycles. The van der Waals surface area contributed by atoms with Crippen LogP contribution in [0.2, 0.25) is 5.15 Å². The number of hydrogen-bond acceptors (Lipinski definition) is 8. The van der Waals surface area contributed by atoms with Crippen LogP contribution in [0.15, 0.2) is 30.3 Å². The van der Waals surface area contributed by atoms with Gasteiger partial charge in [0.2, 0.25) is 0 Å². The molecule has 1 fully saturated rings. The number of ether oxygens (including phenoxy) is 1. The number of aryl methyl sites for hydroxylation is 1. The number of guanidine groups is 1. The Labute approximate surface area is 221 Å². The first-order valence-corrected chi connectivity index (χ1v) is 12.5. The van der Waals surface area contributed by atoms with Crippen LogP contribution in [0.1, 0.15) is 56.1 Å². The smallest absolute Gasteiger partial charge is 0.410 e. The molecule has 2 amide bonds. The number of hydrogen-bond donors (Lipinski definition) is 5. The van der Waals surface area contributed by atoms with Crippen molar-refractivity contribution in [2.24, 2.45) is 5.41 Å². The Kier molecular flexibility index (Phi) is 8.80. The predicted molar refractivity (Wildman–Crippen MR) is 143 cm³/mol. The van der Waals surface area contributed by atoms with Crippen molar-refractivity contribution in [1.82, 2.24) is 25.5 Å². The van der Waals surface area contributed by atoms with Crippen LogP contribution < -0.4 is 22.1 Å². The van der Waals surface area contributed by atoms with Crippen LogP contribution in [0, 0.1) is 10.8 Å². The average Bonchev–Trinajstić information content (AvgIpc) is 2.84. The molecule has 1 aromatic carbocycles. The molecular weight excluding hydrogens is 496 g/mol. The van der Waals surface area contributed by atoms with Crippen molar-refractivity contribution in [3.63, 3.8) is 0 Å². The summed E-state index contributed by atoms with van der Waals surface area (Å²) in [4.78, 5) is 34.5. The standard InChI is InChI=1S/C25H35ClN8O3/c1-24(2,3)37-23(36)34-13-11-25(12-14-34,10-9-16-7-5-4-6-8-16)15-30-22(29)33-21(35)17-19(27)32-20(28)18(26)31-17/h4-8H,9-15H2,1-3H3,(H4,27,28,32)(H3,29,30,33,35). The largest absolute Gasteiger partial charge is 0.444 e. The molecule has 0 atom stereocenters. The van der Waals surface area contributed by atoms with Gasteiger partial charge in [-0.1, -0.05) is 41.9 Å². The monoisotopic (exact) mass is 530 g/mol. The van der Waals surface area contributed by atoms with Crippen molar-refractivity contribution in [2.75, 3.05) is 31.1 Å². The number of carbonyl (C=O) groups excluding carboxylic acids is 2. The normalized spacial score (nSPS) is 15.1. The summed E-state index contributed by atoms with van der Waals surface area (Å²) in [7, 11) is 0. The van der Waals surface area contributed by atoms with Crippen molar-refractivity contribution in [1.29, 1.82) is 5.41 Å². The fourth-order valence-electron chi connectivity index (χ4n) is 4.16. The van der Waals surface area contributed by atoms with Crippen LogP contribution >= 0.6 is 11.6 Å². The van der Waals surface area contributed by atoms with E-state index < -0.39 is 11.5 Å². The van der Waals surface area contributed by atoms with E-state index in [1.54, 1.807) is 4.90 Å². The minimum Gasteiger partial charge on any atom is -0.444 e. The zero-order valence-corrected chi connectivity index (χ0v) is 22.2. The summed E-state index contributed by atoms with van der Waals surface area (Å²) in [6.07, 6.45) is 2.82. The summed E-state index contributed by atoms with van der Waals surface area (Å²) in [5.74, 6) is -1.18. The Hall–Kier alpha value is -3.60. The molecule has 11 nitrogen and oxygen atoms in total. The van der Waals surface area contributed by atoms with Crippen LogP contribution in [-0.4, -0.2) is 58.1 Å². The van der Waals surface area contributed by atoms with E-state index in [-0.39, 0.29) is 40.0 Å². The van der Waals surface area contributed by atoms with E-state index in [9.17, 15) is 9.59 Å². The molecule has 0 unspecified atom stereocenters. The number of likely N-dealkylation sites (tertiary alicyclic amines) is 1. The van der Waals surface area contributed by atoms with Gasteiger partial charge in [0, 0.05) is 19.6 Å². The van der Waals surface area contributed by atoms with Gasteiger partial charge in [-0.25, -0.2) is 14.8 Å². The zero-order valence-electron chi connectivity index (χ0n) is 21.4. The van der Waals surface area contributed by atoms with Gasteiger partial charge < -0.3 is 26.4 Å². The number of piperidine rings is 1. The van der Waals surface area contributed by atoms with E-state index >= 15 is 0 Å². The number of anilines is 2. The summed E-state index contributed by atoms with van der Waals surface area (Å²) in [5.41, 5.74) is 11.5. The highest BCUT2D eigenvalue weighted by atomic mass is 35.5. The van der Waals surface area contributed by atoms with Crippen LogP contribution in [-0.2, 0) is 11.2 Å². The average molecular weight is 531 g/mol. The number of halogens is 1. The number of carbonyl (C=O) groups is 2. The fourth-order valence-corrected chi connectivity index (χ4v) is 4.29. The van der Waals surface area contributed by atoms with Crippen molar-refractivity contribution >= 4 is 41.2 Å². The number of nitrogens with one attached hydrogen (secondary N) is 3. The number of nitrogens with two attached hydrogens (primary N) is 2. The first-order valence-electron chi connectivity index (χ1n) is 12.1. The number of rotatable bonds is 6. The molecule has 200 valence electrons. The molecule has 2 aromatic rings. The lowest BCUT2D eigenvalue weighted by Gasteiger charge is -2.42. The van der Waals surface area contributed by atoms with Gasteiger partial charge >= 0.3 is 6.09 Å². The maximum atomic E-state index is 12.6. The Bertz CT molecular complexity index is 1130. The highest BCUT2D eigenvalue weighted by Gasteiger charge is 2.37. The first-order chi connectivity index (χ1) is 17.4. The Balaban J connectivity index is 1.64.